The minimum atomic E-state index is -0.207. The summed E-state index contributed by atoms with van der Waals surface area (Å²) in [5, 5.41) is 10.5. The van der Waals surface area contributed by atoms with Crippen molar-refractivity contribution >= 4 is 17.0 Å². The summed E-state index contributed by atoms with van der Waals surface area (Å²) in [7, 11) is 0. The second-order valence-corrected chi connectivity index (χ2v) is 5.99. The van der Waals surface area contributed by atoms with Gasteiger partial charge in [0, 0.05) is 6.07 Å². The van der Waals surface area contributed by atoms with Crippen molar-refractivity contribution in [2.24, 2.45) is 0 Å². The molecule has 2 heterocycles. The Labute approximate surface area is 148 Å². The van der Waals surface area contributed by atoms with E-state index in [2.05, 4.69) is 20.4 Å². The van der Waals surface area contributed by atoms with Crippen molar-refractivity contribution in [2.75, 3.05) is 5.73 Å². The SMILES string of the molecule is Cc1ccc(-c2ccc(COc3cc(N)nc4n[nH]nc34)cc2)cc1F. The van der Waals surface area contributed by atoms with Crippen molar-refractivity contribution < 1.29 is 9.13 Å². The molecule has 2 aromatic carbocycles. The molecule has 3 N–H and O–H groups in total. The van der Waals surface area contributed by atoms with E-state index in [0.717, 1.165) is 16.7 Å². The summed E-state index contributed by atoms with van der Waals surface area (Å²) in [4.78, 5) is 4.07. The van der Waals surface area contributed by atoms with Crippen LogP contribution >= 0.6 is 0 Å². The lowest BCUT2D eigenvalue weighted by Gasteiger charge is -2.08. The van der Waals surface area contributed by atoms with Gasteiger partial charge in [0.2, 0.25) is 5.65 Å². The summed E-state index contributed by atoms with van der Waals surface area (Å²) in [6.45, 7) is 2.09. The number of nitrogens with two attached hydrogens (primary N) is 1. The monoisotopic (exact) mass is 349 g/mol. The molecule has 0 aliphatic carbocycles. The number of H-pyrrole nitrogens is 1. The molecule has 0 saturated heterocycles. The number of aromatic amines is 1. The first-order valence-corrected chi connectivity index (χ1v) is 8.05. The van der Waals surface area contributed by atoms with E-state index < -0.39 is 0 Å². The van der Waals surface area contributed by atoms with Crippen molar-refractivity contribution in [2.45, 2.75) is 13.5 Å². The fraction of sp³-hybridized carbons (Fsp3) is 0.105. The summed E-state index contributed by atoms with van der Waals surface area (Å²) in [6, 6.07) is 14.6. The smallest absolute Gasteiger partial charge is 0.207 e. The number of halogens is 1. The molecule has 0 radical (unpaired) electrons. The normalized spacial score (nSPS) is 11.0. The van der Waals surface area contributed by atoms with Crippen LogP contribution in [-0.4, -0.2) is 20.4 Å². The van der Waals surface area contributed by atoms with E-state index in [1.54, 1.807) is 25.1 Å². The lowest BCUT2D eigenvalue weighted by Crippen LogP contribution is -1.99. The zero-order chi connectivity index (χ0) is 18.1. The van der Waals surface area contributed by atoms with E-state index in [4.69, 9.17) is 10.5 Å². The minimum absolute atomic E-state index is 0.207. The van der Waals surface area contributed by atoms with Gasteiger partial charge in [-0.25, -0.2) is 9.37 Å². The standard InChI is InChI=1S/C19H16FN5O/c1-11-2-5-14(8-15(11)20)13-6-3-12(4-7-13)10-26-16-9-17(21)22-19-18(16)23-25-24-19/h2-9H,10H2,1H3,(H3,21,22,23,24,25). The molecule has 4 rings (SSSR count). The number of aromatic nitrogens is 4. The number of nitrogens with zero attached hydrogens (tertiary/aromatic N) is 3. The molecule has 0 unspecified atom stereocenters. The number of fused-ring (bicyclic) bond motifs is 1. The number of benzene rings is 2. The zero-order valence-electron chi connectivity index (χ0n) is 14.0. The minimum Gasteiger partial charge on any atom is -0.486 e. The number of aryl methyl sites for hydroxylation is 1. The van der Waals surface area contributed by atoms with E-state index in [-0.39, 0.29) is 5.82 Å². The van der Waals surface area contributed by atoms with E-state index in [0.29, 0.717) is 34.9 Å². The average molecular weight is 349 g/mol. The van der Waals surface area contributed by atoms with Crippen LogP contribution < -0.4 is 10.5 Å². The fourth-order valence-corrected chi connectivity index (χ4v) is 2.66. The highest BCUT2D eigenvalue weighted by atomic mass is 19.1. The van der Waals surface area contributed by atoms with Crippen molar-refractivity contribution in [3.63, 3.8) is 0 Å². The maximum absolute atomic E-state index is 13.7. The molecule has 0 amide bonds. The van der Waals surface area contributed by atoms with Crippen LogP contribution in [0.3, 0.4) is 0 Å². The maximum Gasteiger partial charge on any atom is 0.207 e. The first-order valence-electron chi connectivity index (χ1n) is 8.05. The summed E-state index contributed by atoms with van der Waals surface area (Å²) < 4.78 is 19.6. The molecule has 0 atom stereocenters. The molecule has 0 bridgehead atoms. The summed E-state index contributed by atoms with van der Waals surface area (Å²) in [6.07, 6.45) is 0. The van der Waals surface area contributed by atoms with E-state index in [9.17, 15) is 4.39 Å². The fourth-order valence-electron chi connectivity index (χ4n) is 2.66. The van der Waals surface area contributed by atoms with Gasteiger partial charge in [-0.1, -0.05) is 36.4 Å². The van der Waals surface area contributed by atoms with Crippen LogP contribution in [0.15, 0.2) is 48.5 Å². The van der Waals surface area contributed by atoms with E-state index in [1.165, 1.54) is 0 Å². The van der Waals surface area contributed by atoms with Gasteiger partial charge in [-0.15, -0.1) is 5.10 Å². The molecule has 7 heteroatoms. The Bertz CT molecular complexity index is 1080. The molecule has 4 aromatic rings. The quantitative estimate of drug-likeness (QED) is 0.587. The Balaban J connectivity index is 1.52. The molecule has 0 aliphatic rings. The van der Waals surface area contributed by atoms with Crippen molar-refractivity contribution in [3.05, 3.63) is 65.5 Å². The molecule has 130 valence electrons. The summed E-state index contributed by atoms with van der Waals surface area (Å²) in [5.41, 5.74) is 10.1. The second-order valence-electron chi connectivity index (χ2n) is 5.99. The van der Waals surface area contributed by atoms with E-state index in [1.807, 2.05) is 30.3 Å². The first-order chi connectivity index (χ1) is 12.6. The first kappa shape index (κ1) is 16.0. The predicted octanol–water partition coefficient (Wildman–Crippen LogP) is 3.63. The highest BCUT2D eigenvalue weighted by Crippen LogP contribution is 2.25. The summed E-state index contributed by atoms with van der Waals surface area (Å²) in [5.74, 6) is 0.630. The van der Waals surface area contributed by atoms with Crippen LogP contribution in [0.5, 0.6) is 5.75 Å². The van der Waals surface area contributed by atoms with Gasteiger partial charge in [-0.05, 0) is 35.2 Å². The molecule has 26 heavy (non-hydrogen) atoms. The van der Waals surface area contributed by atoms with Crippen molar-refractivity contribution in [1.82, 2.24) is 20.4 Å². The van der Waals surface area contributed by atoms with E-state index >= 15 is 0 Å². The predicted molar refractivity (Wildman–Crippen MR) is 97.0 cm³/mol. The van der Waals surface area contributed by atoms with Crippen LogP contribution in [-0.2, 0) is 6.61 Å². The van der Waals surface area contributed by atoms with Gasteiger partial charge < -0.3 is 10.5 Å². The Morgan fingerprint density at radius 1 is 1.04 bits per heavy atom. The van der Waals surface area contributed by atoms with Gasteiger partial charge in [-0.3, -0.25) is 0 Å². The topological polar surface area (TPSA) is 89.7 Å². The lowest BCUT2D eigenvalue weighted by molar-refractivity contribution is 0.309. The van der Waals surface area contributed by atoms with Gasteiger partial charge >= 0.3 is 0 Å². The van der Waals surface area contributed by atoms with Crippen molar-refractivity contribution in [1.29, 1.82) is 0 Å². The molecule has 6 nitrogen and oxygen atoms in total. The van der Waals surface area contributed by atoms with Gasteiger partial charge in [0.1, 0.15) is 18.2 Å². The Hall–Kier alpha value is -3.48. The Kier molecular flexibility index (Phi) is 3.96. The molecule has 0 spiro atoms. The highest BCUT2D eigenvalue weighted by Gasteiger charge is 2.10. The molecule has 0 aliphatic heterocycles. The number of nitrogen functional groups attached to an aromatic ring is 1. The Morgan fingerprint density at radius 2 is 1.81 bits per heavy atom. The largest absolute Gasteiger partial charge is 0.486 e. The van der Waals surface area contributed by atoms with Crippen LogP contribution in [0, 0.1) is 12.7 Å². The average Bonchev–Trinajstić information content (AvgIpc) is 3.11. The van der Waals surface area contributed by atoms with Crippen LogP contribution in [0.2, 0.25) is 0 Å². The third-order valence-corrected chi connectivity index (χ3v) is 4.13. The van der Waals surface area contributed by atoms with Gasteiger partial charge in [0.05, 0.1) is 0 Å². The maximum atomic E-state index is 13.7. The van der Waals surface area contributed by atoms with Crippen LogP contribution in [0.4, 0.5) is 10.2 Å². The number of hydrogen-bond donors (Lipinski definition) is 2. The van der Waals surface area contributed by atoms with Gasteiger partial charge in [0.15, 0.2) is 11.3 Å². The molecule has 0 saturated carbocycles. The summed E-state index contributed by atoms with van der Waals surface area (Å²) >= 11 is 0. The third kappa shape index (κ3) is 3.06. The molecule has 0 fully saturated rings. The number of pyridine rings is 1. The second kappa shape index (κ2) is 6.44. The van der Waals surface area contributed by atoms with Gasteiger partial charge in [0.25, 0.3) is 0 Å². The molecular formula is C19H16FN5O. The Morgan fingerprint density at radius 3 is 2.58 bits per heavy atom. The third-order valence-electron chi connectivity index (χ3n) is 4.13. The number of nitrogens with one attached hydrogen (secondary N) is 1. The zero-order valence-corrected chi connectivity index (χ0v) is 14.0. The van der Waals surface area contributed by atoms with Crippen LogP contribution in [0.1, 0.15) is 11.1 Å². The molecular weight excluding hydrogens is 333 g/mol. The number of hydrogen-bond acceptors (Lipinski definition) is 5. The number of rotatable bonds is 4. The number of ether oxygens (including phenoxy) is 1. The molecule has 2 aromatic heterocycles. The highest BCUT2D eigenvalue weighted by molar-refractivity contribution is 5.78. The van der Waals surface area contributed by atoms with Gasteiger partial charge in [-0.2, -0.15) is 10.3 Å². The van der Waals surface area contributed by atoms with Crippen LogP contribution in [0.25, 0.3) is 22.3 Å². The number of anilines is 1. The van der Waals surface area contributed by atoms with Crippen molar-refractivity contribution in [3.8, 4) is 16.9 Å². The lowest BCUT2D eigenvalue weighted by atomic mass is 10.0.